The molecule has 29 heavy (non-hydrogen) atoms. The summed E-state index contributed by atoms with van der Waals surface area (Å²) in [6, 6.07) is 0.603. The monoisotopic (exact) mass is 410 g/mol. The number of carbonyl (C=O) groups excluding carboxylic acids is 1. The molecular weight excluding hydrogens is 380 g/mol. The van der Waals surface area contributed by atoms with Gasteiger partial charge >= 0.3 is 6.03 Å². The van der Waals surface area contributed by atoms with E-state index in [-0.39, 0.29) is 23.4 Å². The van der Waals surface area contributed by atoms with Gasteiger partial charge in [0.05, 0.1) is 26.9 Å². The van der Waals surface area contributed by atoms with Crippen molar-refractivity contribution in [3.63, 3.8) is 0 Å². The summed E-state index contributed by atoms with van der Waals surface area (Å²) in [4.78, 5) is 20.0. The van der Waals surface area contributed by atoms with Gasteiger partial charge in [0, 0.05) is 6.21 Å². The van der Waals surface area contributed by atoms with Gasteiger partial charge in [0.25, 0.3) is 0 Å². The fourth-order valence-corrected chi connectivity index (χ4v) is 2.20. The number of anilines is 1. The van der Waals surface area contributed by atoms with Crippen molar-refractivity contribution in [2.45, 2.75) is 40.0 Å². The molecule has 0 aliphatic rings. The Labute approximate surface area is 170 Å². The number of hydrogen-bond acceptors (Lipinski definition) is 9. The summed E-state index contributed by atoms with van der Waals surface area (Å²) in [6.07, 6.45) is 3.85. The summed E-state index contributed by atoms with van der Waals surface area (Å²) in [5, 5.41) is 20.3. The van der Waals surface area contributed by atoms with Crippen molar-refractivity contribution in [2.24, 2.45) is 5.92 Å². The van der Waals surface area contributed by atoms with Gasteiger partial charge in [-0.05, 0) is 25.7 Å². The van der Waals surface area contributed by atoms with Crippen LogP contribution in [0.4, 0.5) is 10.7 Å². The second-order valence-electron chi connectivity index (χ2n) is 6.24. The van der Waals surface area contributed by atoms with E-state index in [1.165, 1.54) is 20.3 Å². The molecule has 2 amide bonds. The van der Waals surface area contributed by atoms with E-state index in [4.69, 9.17) is 19.6 Å². The third-order valence-electron chi connectivity index (χ3n) is 4.11. The van der Waals surface area contributed by atoms with Crippen molar-refractivity contribution >= 4 is 18.2 Å². The second-order valence-corrected chi connectivity index (χ2v) is 6.24. The maximum Gasteiger partial charge on any atom is 0.342 e. The van der Waals surface area contributed by atoms with E-state index in [0.717, 1.165) is 25.5 Å². The molecule has 11 heteroatoms. The highest BCUT2D eigenvalue weighted by atomic mass is 16.5. The van der Waals surface area contributed by atoms with Crippen LogP contribution in [0, 0.1) is 11.3 Å². The van der Waals surface area contributed by atoms with Gasteiger partial charge in [-0.3, -0.25) is 10.5 Å². The number of nitrogens with zero attached hydrogens (tertiary/aromatic N) is 3. The van der Waals surface area contributed by atoms with Gasteiger partial charge in [-0.2, -0.15) is 15.1 Å². The average molecular weight is 410 g/mol. The largest absolute Gasteiger partial charge is 0.496 e. The first kappa shape index (κ1) is 24.0. The third kappa shape index (κ3) is 8.21. The molecule has 0 saturated heterocycles. The minimum absolute atomic E-state index is 0.0205. The first-order chi connectivity index (χ1) is 13.8. The highest BCUT2D eigenvalue weighted by Crippen LogP contribution is 2.17. The van der Waals surface area contributed by atoms with Crippen molar-refractivity contribution < 1.29 is 24.2 Å². The topological polar surface area (TPSA) is 142 Å². The number of nitrogens with one attached hydrogen (secondary N) is 3. The zero-order valence-electron chi connectivity index (χ0n) is 17.5. The van der Waals surface area contributed by atoms with Gasteiger partial charge < -0.3 is 19.6 Å². The number of aromatic nitrogens is 2. The molecule has 0 spiro atoms. The Kier molecular flexibility index (Phi) is 10.2. The summed E-state index contributed by atoms with van der Waals surface area (Å²) in [5.41, 5.74) is 2.12. The van der Waals surface area contributed by atoms with E-state index in [9.17, 15) is 10.0 Å². The Bertz CT molecular complexity index is 690. The molecule has 1 unspecified atom stereocenters. The number of ether oxygens (including phenoxy) is 3. The van der Waals surface area contributed by atoms with Crippen LogP contribution in [0.3, 0.4) is 0 Å². The predicted molar refractivity (Wildman–Crippen MR) is 107 cm³/mol. The fraction of sp³-hybridized carbons (Fsp3) is 0.556. The summed E-state index contributed by atoms with van der Waals surface area (Å²) in [7, 11) is 2.82. The van der Waals surface area contributed by atoms with Gasteiger partial charge in [0.1, 0.15) is 11.5 Å². The normalized spacial score (nSPS) is 12.3. The number of hydroxylamine groups is 1. The SMILES string of the molecule is CCC(C)CCCO/C(C)=C(/C=N)N(O)NC(=O)Nc1nc(OC)cc(OC)n1. The van der Waals surface area contributed by atoms with E-state index < -0.39 is 6.03 Å². The maximum atomic E-state index is 12.1. The first-order valence-electron chi connectivity index (χ1n) is 9.22. The smallest absolute Gasteiger partial charge is 0.342 e. The molecule has 4 N–H and O–H groups in total. The van der Waals surface area contributed by atoms with Crippen LogP contribution >= 0.6 is 0 Å². The van der Waals surface area contributed by atoms with Crippen molar-refractivity contribution in [2.75, 3.05) is 26.1 Å². The Balaban J connectivity index is 2.68. The van der Waals surface area contributed by atoms with Gasteiger partial charge in [-0.1, -0.05) is 20.3 Å². The quantitative estimate of drug-likeness (QED) is 0.178. The molecule has 0 bridgehead atoms. The van der Waals surface area contributed by atoms with Gasteiger partial charge in [-0.15, -0.1) is 0 Å². The maximum absolute atomic E-state index is 12.1. The molecule has 0 aromatic carbocycles. The number of hydrazine groups is 1. The van der Waals surface area contributed by atoms with Crippen LogP contribution in [-0.4, -0.2) is 53.4 Å². The van der Waals surface area contributed by atoms with Crippen molar-refractivity contribution in [3.8, 4) is 11.8 Å². The molecule has 0 aliphatic heterocycles. The Morgan fingerprint density at radius 1 is 1.34 bits per heavy atom. The van der Waals surface area contributed by atoms with Crippen LogP contribution < -0.4 is 20.2 Å². The lowest BCUT2D eigenvalue weighted by Gasteiger charge is -2.20. The summed E-state index contributed by atoms with van der Waals surface area (Å²) >= 11 is 0. The molecule has 1 aromatic rings. The molecule has 1 aromatic heterocycles. The first-order valence-corrected chi connectivity index (χ1v) is 9.22. The second kappa shape index (κ2) is 12.4. The summed E-state index contributed by atoms with van der Waals surface area (Å²) in [6.45, 7) is 6.36. The number of urea groups is 1. The molecule has 0 radical (unpaired) electrons. The molecule has 1 rings (SSSR count). The zero-order valence-corrected chi connectivity index (χ0v) is 17.5. The highest BCUT2D eigenvalue weighted by molar-refractivity contribution is 5.87. The molecule has 162 valence electrons. The number of hydrogen-bond donors (Lipinski definition) is 4. The minimum Gasteiger partial charge on any atom is -0.496 e. The van der Waals surface area contributed by atoms with Crippen molar-refractivity contribution in [3.05, 3.63) is 17.5 Å². The van der Waals surface area contributed by atoms with Crippen molar-refractivity contribution in [1.29, 1.82) is 5.41 Å². The van der Waals surface area contributed by atoms with Crippen LogP contribution in [0.1, 0.15) is 40.0 Å². The van der Waals surface area contributed by atoms with Crippen molar-refractivity contribution in [1.82, 2.24) is 20.6 Å². The summed E-state index contributed by atoms with van der Waals surface area (Å²) in [5.74, 6) is 1.20. The molecule has 0 fully saturated rings. The molecule has 0 aliphatic carbocycles. The molecule has 1 atom stereocenters. The molecular formula is C18H30N6O5. The van der Waals surface area contributed by atoms with Crippen LogP contribution in [-0.2, 0) is 4.74 Å². The number of carbonyl (C=O) groups is 1. The van der Waals surface area contributed by atoms with Crippen LogP contribution in [0.25, 0.3) is 0 Å². The zero-order chi connectivity index (χ0) is 21.8. The van der Waals surface area contributed by atoms with Gasteiger partial charge in [0.2, 0.25) is 17.7 Å². The van der Waals surface area contributed by atoms with E-state index in [1.54, 1.807) is 6.92 Å². The molecule has 1 heterocycles. The van der Waals surface area contributed by atoms with Crippen LogP contribution in [0.5, 0.6) is 11.8 Å². The van der Waals surface area contributed by atoms with Crippen LogP contribution in [0.15, 0.2) is 17.5 Å². The third-order valence-corrected chi connectivity index (χ3v) is 4.11. The van der Waals surface area contributed by atoms with E-state index in [1.807, 2.05) is 0 Å². The lowest BCUT2D eigenvalue weighted by molar-refractivity contribution is -0.0840. The van der Waals surface area contributed by atoms with Gasteiger partial charge in [0.15, 0.2) is 0 Å². The Hall–Kier alpha value is -3.08. The van der Waals surface area contributed by atoms with Gasteiger partial charge in [-0.25, -0.2) is 10.2 Å². The Morgan fingerprint density at radius 2 is 1.97 bits per heavy atom. The number of allylic oxidation sites excluding steroid dienone is 2. The standard InChI is InChI=1S/C18H30N6O5/c1-6-12(2)8-7-9-29-13(3)14(11-19)24(26)23-18(25)22-17-20-15(27-4)10-16(21-17)28-5/h10-12,19,26H,6-9H2,1-5H3,(H2,20,21,22,23,25)/b14-13-,19-11?. The molecule has 0 saturated carbocycles. The Morgan fingerprint density at radius 3 is 2.48 bits per heavy atom. The van der Waals surface area contributed by atoms with E-state index in [0.29, 0.717) is 23.5 Å². The predicted octanol–water partition coefficient (Wildman–Crippen LogP) is 2.95. The van der Waals surface area contributed by atoms with E-state index >= 15 is 0 Å². The lowest BCUT2D eigenvalue weighted by atomic mass is 10.0. The fourth-order valence-electron chi connectivity index (χ4n) is 2.20. The number of amides is 2. The van der Waals surface area contributed by atoms with Crippen LogP contribution in [0.2, 0.25) is 0 Å². The minimum atomic E-state index is -0.841. The van der Waals surface area contributed by atoms with E-state index in [2.05, 4.69) is 34.6 Å². The number of methoxy groups -OCH3 is 2. The lowest BCUT2D eigenvalue weighted by Crippen LogP contribution is -2.42. The number of rotatable bonds is 12. The summed E-state index contributed by atoms with van der Waals surface area (Å²) < 4.78 is 15.6. The highest BCUT2D eigenvalue weighted by Gasteiger charge is 2.15. The molecule has 11 nitrogen and oxygen atoms in total. The average Bonchev–Trinajstić information content (AvgIpc) is 2.70.